The zero-order valence-electron chi connectivity index (χ0n) is 12.1. The van der Waals surface area contributed by atoms with Crippen LogP contribution in [0.1, 0.15) is 11.1 Å². The number of benzene rings is 2. The van der Waals surface area contributed by atoms with Crippen molar-refractivity contribution in [3.63, 3.8) is 0 Å². The number of nitrogens with zero attached hydrogens (tertiary/aromatic N) is 3. The molecule has 1 heterocycles. The maximum Gasteiger partial charge on any atom is 0.242 e. The normalized spacial score (nSPS) is 10.8. The van der Waals surface area contributed by atoms with E-state index in [0.29, 0.717) is 5.56 Å². The maximum absolute atomic E-state index is 13.4. The number of carbonyl (C=O) groups excluding carboxylic acids is 1. The van der Waals surface area contributed by atoms with Gasteiger partial charge in [0.15, 0.2) is 0 Å². The summed E-state index contributed by atoms with van der Waals surface area (Å²) in [4.78, 5) is 12.0. The second-order valence-electron chi connectivity index (χ2n) is 5.10. The maximum atomic E-state index is 13.4. The molecule has 1 aromatic heterocycles. The lowest BCUT2D eigenvalue weighted by atomic mass is 10.1. The van der Waals surface area contributed by atoms with Crippen LogP contribution in [0, 0.1) is 12.7 Å². The highest BCUT2D eigenvalue weighted by Crippen LogP contribution is 2.10. The van der Waals surface area contributed by atoms with Crippen LogP contribution in [0.3, 0.4) is 0 Å². The minimum absolute atomic E-state index is 0.0782. The van der Waals surface area contributed by atoms with E-state index in [4.69, 9.17) is 0 Å². The van der Waals surface area contributed by atoms with Gasteiger partial charge in [0.1, 0.15) is 17.9 Å². The summed E-state index contributed by atoms with van der Waals surface area (Å²) in [7, 11) is 0. The van der Waals surface area contributed by atoms with Crippen molar-refractivity contribution in [1.82, 2.24) is 20.3 Å². The van der Waals surface area contributed by atoms with Gasteiger partial charge in [0.2, 0.25) is 5.91 Å². The van der Waals surface area contributed by atoms with Crippen molar-refractivity contribution in [3.05, 3.63) is 59.4 Å². The smallest absolute Gasteiger partial charge is 0.242 e. The van der Waals surface area contributed by atoms with Crippen molar-refractivity contribution in [1.29, 1.82) is 0 Å². The predicted octanol–water partition coefficient (Wildman–Crippen LogP) is 2.20. The Morgan fingerprint density at radius 1 is 1.27 bits per heavy atom. The fraction of sp³-hybridized carbons (Fsp3) is 0.188. The molecule has 0 aliphatic rings. The van der Waals surface area contributed by atoms with Gasteiger partial charge in [-0.3, -0.25) is 4.79 Å². The van der Waals surface area contributed by atoms with Gasteiger partial charge >= 0.3 is 0 Å². The molecule has 1 N–H and O–H groups in total. The van der Waals surface area contributed by atoms with Crippen molar-refractivity contribution in [2.75, 3.05) is 0 Å². The predicted molar refractivity (Wildman–Crippen MR) is 80.5 cm³/mol. The van der Waals surface area contributed by atoms with Crippen molar-refractivity contribution in [3.8, 4) is 0 Å². The van der Waals surface area contributed by atoms with E-state index in [1.165, 1.54) is 6.07 Å². The van der Waals surface area contributed by atoms with E-state index in [1.54, 1.807) is 23.7 Å². The zero-order valence-corrected chi connectivity index (χ0v) is 12.1. The van der Waals surface area contributed by atoms with Gasteiger partial charge in [-0.15, -0.1) is 5.10 Å². The lowest BCUT2D eigenvalue weighted by Crippen LogP contribution is -2.27. The van der Waals surface area contributed by atoms with Gasteiger partial charge < -0.3 is 5.32 Å². The van der Waals surface area contributed by atoms with E-state index < -0.39 is 0 Å². The molecule has 0 aliphatic heterocycles. The molecule has 0 fully saturated rings. The Hall–Kier alpha value is -2.76. The minimum Gasteiger partial charge on any atom is -0.350 e. The van der Waals surface area contributed by atoms with Gasteiger partial charge in [0.05, 0.1) is 5.52 Å². The van der Waals surface area contributed by atoms with Crippen molar-refractivity contribution < 1.29 is 9.18 Å². The molecule has 0 bridgehead atoms. The molecule has 0 aliphatic carbocycles. The van der Waals surface area contributed by atoms with E-state index >= 15 is 0 Å². The first-order valence-corrected chi connectivity index (χ1v) is 6.93. The van der Waals surface area contributed by atoms with E-state index in [9.17, 15) is 9.18 Å². The van der Waals surface area contributed by atoms with Crippen LogP contribution in [0.5, 0.6) is 0 Å². The van der Waals surface area contributed by atoms with Crippen LogP contribution in [0.4, 0.5) is 4.39 Å². The number of nitrogens with one attached hydrogen (secondary N) is 1. The Kier molecular flexibility index (Phi) is 3.82. The van der Waals surface area contributed by atoms with Crippen LogP contribution in [0.2, 0.25) is 0 Å². The number of aromatic nitrogens is 3. The highest BCUT2D eigenvalue weighted by molar-refractivity contribution is 5.79. The fourth-order valence-electron chi connectivity index (χ4n) is 2.17. The SMILES string of the molecule is Cc1ccc(CNC(=O)Cn2nnc3ccccc32)cc1F. The lowest BCUT2D eigenvalue weighted by Gasteiger charge is -2.07. The number of para-hydroxylation sites is 1. The molecule has 0 saturated carbocycles. The summed E-state index contributed by atoms with van der Waals surface area (Å²) in [6.45, 7) is 2.06. The summed E-state index contributed by atoms with van der Waals surface area (Å²) >= 11 is 0. The first-order chi connectivity index (χ1) is 10.6. The second kappa shape index (κ2) is 5.93. The van der Waals surface area contributed by atoms with Crippen LogP contribution >= 0.6 is 0 Å². The summed E-state index contributed by atoms with van der Waals surface area (Å²) < 4.78 is 15.0. The standard InChI is InChI=1S/C16H15FN4O/c1-11-6-7-12(8-13(11)17)9-18-16(22)10-21-15-5-3-2-4-14(15)19-20-21/h2-8H,9-10H2,1H3,(H,18,22). The third-order valence-corrected chi connectivity index (χ3v) is 3.44. The van der Waals surface area contributed by atoms with Gasteiger partial charge in [-0.2, -0.15) is 0 Å². The Morgan fingerprint density at radius 2 is 2.09 bits per heavy atom. The number of aryl methyl sites for hydroxylation is 1. The molecule has 6 heteroatoms. The number of amides is 1. The lowest BCUT2D eigenvalue weighted by molar-refractivity contribution is -0.121. The minimum atomic E-state index is -0.269. The van der Waals surface area contributed by atoms with E-state index in [2.05, 4.69) is 15.6 Å². The molecule has 0 radical (unpaired) electrons. The topological polar surface area (TPSA) is 59.8 Å². The molecule has 0 saturated heterocycles. The molecule has 3 aromatic rings. The van der Waals surface area contributed by atoms with Crippen LogP contribution in [-0.2, 0) is 17.9 Å². The largest absolute Gasteiger partial charge is 0.350 e. The number of halogens is 1. The first-order valence-electron chi connectivity index (χ1n) is 6.93. The average Bonchev–Trinajstić information content (AvgIpc) is 2.92. The molecule has 0 spiro atoms. The fourth-order valence-corrected chi connectivity index (χ4v) is 2.17. The number of hydrogen-bond donors (Lipinski definition) is 1. The third-order valence-electron chi connectivity index (χ3n) is 3.44. The molecule has 0 atom stereocenters. The number of carbonyl (C=O) groups is 1. The molecule has 3 rings (SSSR count). The second-order valence-corrected chi connectivity index (χ2v) is 5.10. The molecule has 2 aromatic carbocycles. The van der Waals surface area contributed by atoms with Crippen molar-refractivity contribution in [2.45, 2.75) is 20.0 Å². The van der Waals surface area contributed by atoms with Gasteiger partial charge in [-0.1, -0.05) is 29.5 Å². The Labute approximate surface area is 126 Å². The molecule has 5 nitrogen and oxygen atoms in total. The quantitative estimate of drug-likeness (QED) is 0.803. The highest BCUT2D eigenvalue weighted by Gasteiger charge is 2.08. The van der Waals surface area contributed by atoms with Gasteiger partial charge in [0, 0.05) is 6.54 Å². The van der Waals surface area contributed by atoms with Crippen LogP contribution in [-0.4, -0.2) is 20.9 Å². The van der Waals surface area contributed by atoms with Gasteiger partial charge in [-0.05, 0) is 36.2 Å². The Bertz CT molecular complexity index is 828. The van der Waals surface area contributed by atoms with Crippen LogP contribution in [0.15, 0.2) is 42.5 Å². The summed E-state index contributed by atoms with van der Waals surface area (Å²) in [6.07, 6.45) is 0. The third kappa shape index (κ3) is 2.95. The number of hydrogen-bond acceptors (Lipinski definition) is 3. The van der Waals surface area contributed by atoms with Crippen LogP contribution in [0.25, 0.3) is 11.0 Å². The zero-order chi connectivity index (χ0) is 15.5. The summed E-state index contributed by atoms with van der Waals surface area (Å²) in [5.41, 5.74) is 2.86. The monoisotopic (exact) mass is 298 g/mol. The van der Waals surface area contributed by atoms with E-state index in [-0.39, 0.29) is 24.8 Å². The molecule has 1 amide bonds. The Morgan fingerprint density at radius 3 is 2.91 bits per heavy atom. The van der Waals surface area contributed by atoms with Gasteiger partial charge in [0.25, 0.3) is 0 Å². The first kappa shape index (κ1) is 14.2. The highest BCUT2D eigenvalue weighted by atomic mass is 19.1. The molecule has 22 heavy (non-hydrogen) atoms. The molecule has 0 unspecified atom stereocenters. The summed E-state index contributed by atoms with van der Waals surface area (Å²) in [5, 5.41) is 10.7. The number of fused-ring (bicyclic) bond motifs is 1. The Balaban J connectivity index is 1.64. The summed E-state index contributed by atoms with van der Waals surface area (Å²) in [6, 6.07) is 12.4. The summed E-state index contributed by atoms with van der Waals surface area (Å²) in [5.74, 6) is -0.467. The average molecular weight is 298 g/mol. The molecule has 112 valence electrons. The van der Waals surface area contributed by atoms with Crippen molar-refractivity contribution in [2.24, 2.45) is 0 Å². The number of rotatable bonds is 4. The molecular weight excluding hydrogens is 283 g/mol. The van der Waals surface area contributed by atoms with Crippen LogP contribution < -0.4 is 5.32 Å². The van der Waals surface area contributed by atoms with Crippen molar-refractivity contribution >= 4 is 16.9 Å². The van der Waals surface area contributed by atoms with E-state index in [1.807, 2.05) is 24.3 Å². The van der Waals surface area contributed by atoms with Gasteiger partial charge in [-0.25, -0.2) is 9.07 Å². The molecular formula is C16H15FN4O. The van der Waals surface area contributed by atoms with E-state index in [0.717, 1.165) is 16.6 Å².